The smallest absolute Gasteiger partial charge is 0.327 e. The lowest BCUT2D eigenvalue weighted by Crippen LogP contribution is -2.42. The number of thioether (sulfide) groups is 1. The van der Waals surface area contributed by atoms with E-state index in [0.29, 0.717) is 23.5 Å². The summed E-state index contributed by atoms with van der Waals surface area (Å²) in [6, 6.07) is -0.588. The molecule has 2 aliphatic carbocycles. The summed E-state index contributed by atoms with van der Waals surface area (Å²) in [6.07, 6.45) is 4.81. The quantitative estimate of drug-likeness (QED) is 0.810. The first kappa shape index (κ1) is 11.4. The number of carboxylic acid groups (broad SMARTS) is 1. The van der Waals surface area contributed by atoms with Gasteiger partial charge in [-0.15, -0.1) is 11.8 Å². The molecule has 1 amide bonds. The number of amides is 1. The zero-order valence-corrected chi connectivity index (χ0v) is 10.5. The maximum absolute atomic E-state index is 12.3. The number of carboxylic acids is 1. The van der Waals surface area contributed by atoms with Crippen LogP contribution in [0.3, 0.4) is 0 Å². The Bertz CT molecular complexity index is 348. The van der Waals surface area contributed by atoms with Crippen LogP contribution in [0.25, 0.3) is 0 Å². The van der Waals surface area contributed by atoms with Crippen LogP contribution in [0.4, 0.5) is 0 Å². The van der Waals surface area contributed by atoms with Gasteiger partial charge in [0.05, 0.1) is 5.88 Å². The van der Waals surface area contributed by atoms with E-state index in [1.807, 2.05) is 0 Å². The molecule has 17 heavy (non-hydrogen) atoms. The maximum atomic E-state index is 12.3. The van der Waals surface area contributed by atoms with E-state index in [1.165, 1.54) is 25.7 Å². The Balaban J connectivity index is 1.68. The first-order chi connectivity index (χ1) is 8.20. The number of rotatable bonds is 2. The monoisotopic (exact) mass is 255 g/mol. The van der Waals surface area contributed by atoms with Gasteiger partial charge in [0.25, 0.3) is 0 Å². The van der Waals surface area contributed by atoms with Crippen molar-refractivity contribution in [2.24, 2.45) is 17.8 Å². The first-order valence-electron chi connectivity index (χ1n) is 6.31. The van der Waals surface area contributed by atoms with Gasteiger partial charge in [0.2, 0.25) is 5.91 Å². The van der Waals surface area contributed by atoms with E-state index in [9.17, 15) is 9.59 Å². The van der Waals surface area contributed by atoms with E-state index in [2.05, 4.69) is 0 Å². The van der Waals surface area contributed by atoms with Crippen LogP contribution in [0, 0.1) is 17.8 Å². The summed E-state index contributed by atoms with van der Waals surface area (Å²) in [4.78, 5) is 25.0. The van der Waals surface area contributed by atoms with Gasteiger partial charge in [-0.1, -0.05) is 12.8 Å². The third-order valence-corrected chi connectivity index (χ3v) is 5.40. The van der Waals surface area contributed by atoms with E-state index in [1.54, 1.807) is 16.7 Å². The Labute approximate surface area is 105 Å². The molecule has 1 heterocycles. The topological polar surface area (TPSA) is 57.6 Å². The van der Waals surface area contributed by atoms with E-state index in [4.69, 9.17) is 5.11 Å². The van der Waals surface area contributed by atoms with Crippen molar-refractivity contribution < 1.29 is 14.7 Å². The molecule has 1 aliphatic heterocycles. The maximum Gasteiger partial charge on any atom is 0.327 e. The molecule has 2 saturated carbocycles. The van der Waals surface area contributed by atoms with Crippen molar-refractivity contribution in [3.63, 3.8) is 0 Å². The van der Waals surface area contributed by atoms with Gasteiger partial charge >= 0.3 is 5.97 Å². The number of carbonyl (C=O) groups is 2. The van der Waals surface area contributed by atoms with Crippen LogP contribution in [-0.4, -0.2) is 39.6 Å². The summed E-state index contributed by atoms with van der Waals surface area (Å²) in [6.45, 7) is 0. The van der Waals surface area contributed by atoms with Gasteiger partial charge in [0, 0.05) is 11.7 Å². The first-order valence-corrected chi connectivity index (χ1v) is 7.46. The highest BCUT2D eigenvalue weighted by molar-refractivity contribution is 7.99. The molecule has 0 aromatic heterocycles. The van der Waals surface area contributed by atoms with Crippen molar-refractivity contribution in [1.29, 1.82) is 0 Å². The van der Waals surface area contributed by atoms with Crippen LogP contribution in [0.15, 0.2) is 0 Å². The van der Waals surface area contributed by atoms with Crippen molar-refractivity contribution >= 4 is 23.6 Å². The SMILES string of the molecule is O=C(O)[C@@H]1CSCN1C(=O)C1C2CCCCC21. The second-order valence-electron chi connectivity index (χ2n) is 5.30. The zero-order chi connectivity index (χ0) is 12.0. The van der Waals surface area contributed by atoms with Crippen molar-refractivity contribution in [1.82, 2.24) is 4.90 Å². The Morgan fingerprint density at radius 1 is 1.18 bits per heavy atom. The fraction of sp³-hybridized carbons (Fsp3) is 0.833. The zero-order valence-electron chi connectivity index (χ0n) is 9.67. The largest absolute Gasteiger partial charge is 0.480 e. The standard InChI is InChI=1S/C12H17NO3S/c14-11(10-7-3-1-2-4-8(7)10)13-6-17-5-9(13)12(15)16/h7-10H,1-6H2,(H,15,16)/t7?,8?,9-,10?/m0/s1. The predicted molar refractivity (Wildman–Crippen MR) is 64.5 cm³/mol. The predicted octanol–water partition coefficient (Wildman–Crippen LogP) is 1.41. The Hall–Kier alpha value is -0.710. The number of aliphatic carboxylic acids is 1. The summed E-state index contributed by atoms with van der Waals surface area (Å²) in [5.74, 6) is 1.64. The van der Waals surface area contributed by atoms with Gasteiger partial charge < -0.3 is 10.0 Å². The molecule has 0 bridgehead atoms. The van der Waals surface area contributed by atoms with Gasteiger partial charge in [-0.3, -0.25) is 4.79 Å². The molecular formula is C12H17NO3S. The second-order valence-corrected chi connectivity index (χ2v) is 6.30. The summed E-state index contributed by atoms with van der Waals surface area (Å²) in [5, 5.41) is 9.09. The molecule has 3 fully saturated rings. The number of hydrogen-bond acceptors (Lipinski definition) is 3. The molecule has 0 spiro atoms. The molecule has 0 aromatic rings. The fourth-order valence-corrected chi connectivity index (χ4v) is 4.57. The second kappa shape index (κ2) is 4.19. The molecule has 3 aliphatic rings. The normalized spacial score (nSPS) is 39.9. The van der Waals surface area contributed by atoms with E-state index >= 15 is 0 Å². The molecule has 0 radical (unpaired) electrons. The molecular weight excluding hydrogens is 238 g/mol. The average Bonchev–Trinajstić information content (AvgIpc) is 2.83. The minimum Gasteiger partial charge on any atom is -0.480 e. The van der Waals surface area contributed by atoms with Gasteiger partial charge in [-0.25, -0.2) is 4.79 Å². The Kier molecular flexibility index (Phi) is 2.81. The number of nitrogens with zero attached hydrogens (tertiary/aromatic N) is 1. The Morgan fingerprint density at radius 3 is 2.41 bits per heavy atom. The van der Waals surface area contributed by atoms with E-state index in [-0.39, 0.29) is 11.8 Å². The van der Waals surface area contributed by atoms with Crippen molar-refractivity contribution in [3.05, 3.63) is 0 Å². The van der Waals surface area contributed by atoms with Gasteiger partial charge in [-0.2, -0.15) is 0 Å². The van der Waals surface area contributed by atoms with Crippen molar-refractivity contribution in [2.75, 3.05) is 11.6 Å². The minimum absolute atomic E-state index is 0.110. The van der Waals surface area contributed by atoms with E-state index < -0.39 is 12.0 Å². The lowest BCUT2D eigenvalue weighted by molar-refractivity contribution is -0.148. The molecule has 4 nitrogen and oxygen atoms in total. The van der Waals surface area contributed by atoms with Gasteiger partial charge in [0.15, 0.2) is 0 Å². The molecule has 94 valence electrons. The third-order valence-electron chi connectivity index (χ3n) is 4.39. The van der Waals surface area contributed by atoms with Crippen LogP contribution < -0.4 is 0 Å². The van der Waals surface area contributed by atoms with Crippen molar-refractivity contribution in [3.8, 4) is 0 Å². The molecule has 2 unspecified atom stereocenters. The molecule has 0 aromatic carbocycles. The minimum atomic E-state index is -0.855. The highest BCUT2D eigenvalue weighted by Gasteiger charge is 2.57. The lowest BCUT2D eigenvalue weighted by Gasteiger charge is -2.20. The number of hydrogen-bond donors (Lipinski definition) is 1. The third kappa shape index (κ3) is 1.84. The molecule has 1 saturated heterocycles. The van der Waals surface area contributed by atoms with E-state index in [0.717, 1.165) is 0 Å². The van der Waals surface area contributed by atoms with Crippen LogP contribution in [0.2, 0.25) is 0 Å². The summed E-state index contributed by atoms with van der Waals surface area (Å²) in [7, 11) is 0. The lowest BCUT2D eigenvalue weighted by atomic mass is 10.0. The summed E-state index contributed by atoms with van der Waals surface area (Å²) in [5.41, 5.74) is 0. The fourth-order valence-electron chi connectivity index (χ4n) is 3.41. The van der Waals surface area contributed by atoms with Gasteiger partial charge in [0.1, 0.15) is 6.04 Å². The number of fused-ring (bicyclic) bond motifs is 1. The van der Waals surface area contributed by atoms with Crippen LogP contribution in [0.1, 0.15) is 25.7 Å². The van der Waals surface area contributed by atoms with Crippen LogP contribution in [0.5, 0.6) is 0 Å². The van der Waals surface area contributed by atoms with Crippen LogP contribution in [-0.2, 0) is 9.59 Å². The van der Waals surface area contributed by atoms with Gasteiger partial charge in [-0.05, 0) is 24.7 Å². The summed E-state index contributed by atoms with van der Waals surface area (Å²) < 4.78 is 0. The molecule has 1 N–H and O–H groups in total. The van der Waals surface area contributed by atoms with Crippen LogP contribution >= 0.6 is 11.8 Å². The highest BCUT2D eigenvalue weighted by Crippen LogP contribution is 2.56. The molecule has 3 rings (SSSR count). The Morgan fingerprint density at radius 2 is 1.82 bits per heavy atom. The van der Waals surface area contributed by atoms with Crippen molar-refractivity contribution in [2.45, 2.75) is 31.7 Å². The summed E-state index contributed by atoms with van der Waals surface area (Å²) >= 11 is 1.55. The average molecular weight is 255 g/mol. The molecule has 3 atom stereocenters. The highest BCUT2D eigenvalue weighted by atomic mass is 32.2. The molecule has 5 heteroatoms. The number of carbonyl (C=O) groups excluding carboxylic acids is 1.